The summed E-state index contributed by atoms with van der Waals surface area (Å²) in [6.07, 6.45) is 5.93. The number of ether oxygens (including phenoxy) is 2. The molecule has 1 spiro atoms. The van der Waals surface area contributed by atoms with Crippen molar-refractivity contribution in [3.8, 4) is 0 Å². The standard InChI is InChI=1S/C21H18O5/c1-20-14-4-3-13-12(6-7-21(13)25-8-9-26-21)16(14)18(23)19-17(20)11(10-24-19)2-5-15(20)22/h2-5,10,15,22H,6-9H2,1H3. The van der Waals surface area contributed by atoms with Crippen LogP contribution in [0.4, 0.5) is 0 Å². The molecule has 4 aliphatic rings. The van der Waals surface area contributed by atoms with Crippen LogP contribution in [0.1, 0.15) is 57.3 Å². The van der Waals surface area contributed by atoms with Crippen LogP contribution in [0.2, 0.25) is 0 Å². The predicted octanol–water partition coefficient (Wildman–Crippen LogP) is 2.66. The van der Waals surface area contributed by atoms with E-state index in [4.69, 9.17) is 13.9 Å². The summed E-state index contributed by atoms with van der Waals surface area (Å²) in [4.78, 5) is 13.3. The van der Waals surface area contributed by atoms with Gasteiger partial charge in [0.1, 0.15) is 0 Å². The summed E-state index contributed by atoms with van der Waals surface area (Å²) in [5.74, 6) is -0.472. The van der Waals surface area contributed by atoms with Crippen LogP contribution in [0.3, 0.4) is 0 Å². The van der Waals surface area contributed by atoms with Crippen molar-refractivity contribution in [3.05, 3.63) is 63.6 Å². The molecule has 2 atom stereocenters. The van der Waals surface area contributed by atoms with Crippen molar-refractivity contribution in [2.24, 2.45) is 0 Å². The Kier molecular flexibility index (Phi) is 2.61. The smallest absolute Gasteiger partial charge is 0.229 e. The van der Waals surface area contributed by atoms with Crippen molar-refractivity contribution >= 4 is 11.9 Å². The minimum absolute atomic E-state index is 0.104. The lowest BCUT2D eigenvalue weighted by Gasteiger charge is -2.40. The SMILES string of the molecule is CC12c3ccc4c(c3C(=O)c3occ(c31)C=CC2O)CCC41OCCO1. The van der Waals surface area contributed by atoms with E-state index in [-0.39, 0.29) is 5.78 Å². The first-order chi connectivity index (χ1) is 12.6. The molecule has 0 amide bonds. The van der Waals surface area contributed by atoms with Crippen LogP contribution in [0.15, 0.2) is 28.9 Å². The molecule has 5 nitrogen and oxygen atoms in total. The van der Waals surface area contributed by atoms with Crippen LogP contribution in [0, 0.1) is 0 Å². The van der Waals surface area contributed by atoms with Crippen molar-refractivity contribution in [3.63, 3.8) is 0 Å². The van der Waals surface area contributed by atoms with Crippen LogP contribution in [0.25, 0.3) is 6.08 Å². The first kappa shape index (κ1) is 14.9. The third-order valence-corrected chi connectivity index (χ3v) is 6.56. The Hall–Kier alpha value is -2.21. The number of furan rings is 1. The molecule has 132 valence electrons. The van der Waals surface area contributed by atoms with Gasteiger partial charge in [-0.3, -0.25) is 4.79 Å². The molecule has 1 saturated heterocycles. The number of hydrogen-bond donors (Lipinski definition) is 1. The molecule has 1 aromatic carbocycles. The van der Waals surface area contributed by atoms with Crippen molar-refractivity contribution in [2.45, 2.75) is 37.1 Å². The summed E-state index contributed by atoms with van der Waals surface area (Å²) in [5.41, 5.74) is 4.41. The quantitative estimate of drug-likeness (QED) is 0.791. The van der Waals surface area contributed by atoms with E-state index in [0.717, 1.165) is 34.2 Å². The van der Waals surface area contributed by atoms with Gasteiger partial charge in [-0.1, -0.05) is 24.3 Å². The first-order valence-electron chi connectivity index (χ1n) is 9.04. The Bertz CT molecular complexity index is 1010. The van der Waals surface area contributed by atoms with E-state index >= 15 is 0 Å². The van der Waals surface area contributed by atoms with Crippen LogP contribution in [-0.4, -0.2) is 30.2 Å². The molecule has 0 saturated carbocycles. The Morgan fingerprint density at radius 2 is 1.96 bits per heavy atom. The summed E-state index contributed by atoms with van der Waals surface area (Å²) in [6, 6.07) is 3.98. The number of aliphatic hydroxyl groups is 1. The van der Waals surface area contributed by atoms with E-state index in [1.54, 1.807) is 12.3 Å². The zero-order chi connectivity index (χ0) is 17.7. The number of benzene rings is 1. The van der Waals surface area contributed by atoms with Gasteiger partial charge in [-0.15, -0.1) is 0 Å². The van der Waals surface area contributed by atoms with E-state index in [1.807, 2.05) is 25.1 Å². The molecule has 0 bridgehead atoms. The van der Waals surface area contributed by atoms with Gasteiger partial charge in [0, 0.05) is 28.7 Å². The molecule has 2 aromatic rings. The molecule has 5 heteroatoms. The summed E-state index contributed by atoms with van der Waals surface area (Å²) in [7, 11) is 0. The lowest BCUT2D eigenvalue weighted by atomic mass is 9.62. The lowest BCUT2D eigenvalue weighted by molar-refractivity contribution is -0.163. The Morgan fingerprint density at radius 3 is 2.77 bits per heavy atom. The molecule has 2 unspecified atom stereocenters. The minimum atomic E-state index is -0.717. The number of carbonyl (C=O) groups excluding carboxylic acids is 1. The fourth-order valence-corrected chi connectivity index (χ4v) is 5.27. The topological polar surface area (TPSA) is 68.9 Å². The minimum Gasteiger partial charge on any atom is -0.460 e. The molecule has 1 fully saturated rings. The van der Waals surface area contributed by atoms with E-state index in [9.17, 15) is 9.90 Å². The maximum Gasteiger partial charge on any atom is 0.229 e. The Balaban J connectivity index is 1.66. The average molecular weight is 350 g/mol. The normalized spacial score (nSPS) is 29.8. The van der Waals surface area contributed by atoms with Crippen molar-refractivity contribution in [1.29, 1.82) is 0 Å². The zero-order valence-corrected chi connectivity index (χ0v) is 14.4. The number of hydrogen-bond acceptors (Lipinski definition) is 5. The highest BCUT2D eigenvalue weighted by Gasteiger charge is 2.53. The molecule has 26 heavy (non-hydrogen) atoms. The molecular weight excluding hydrogens is 332 g/mol. The van der Waals surface area contributed by atoms with Gasteiger partial charge in [0.25, 0.3) is 0 Å². The molecule has 3 aliphatic carbocycles. The largest absolute Gasteiger partial charge is 0.460 e. The third-order valence-electron chi connectivity index (χ3n) is 6.56. The van der Waals surface area contributed by atoms with Gasteiger partial charge in [0.2, 0.25) is 5.78 Å². The fraction of sp³-hybridized carbons (Fsp3) is 0.381. The van der Waals surface area contributed by atoms with Gasteiger partial charge in [0.05, 0.1) is 31.0 Å². The first-order valence-corrected chi connectivity index (χ1v) is 9.04. The van der Waals surface area contributed by atoms with Crippen molar-refractivity contribution in [2.75, 3.05) is 13.2 Å². The van der Waals surface area contributed by atoms with Gasteiger partial charge in [0.15, 0.2) is 11.5 Å². The average Bonchev–Trinajstić information content (AvgIpc) is 3.37. The van der Waals surface area contributed by atoms with Crippen LogP contribution in [0.5, 0.6) is 0 Å². The van der Waals surface area contributed by atoms with Gasteiger partial charge in [-0.2, -0.15) is 0 Å². The maximum absolute atomic E-state index is 13.3. The summed E-state index contributed by atoms with van der Waals surface area (Å²) < 4.78 is 17.5. The van der Waals surface area contributed by atoms with E-state index < -0.39 is 17.3 Å². The molecule has 0 radical (unpaired) electrons. The Morgan fingerprint density at radius 1 is 1.19 bits per heavy atom. The molecule has 1 aromatic heterocycles. The van der Waals surface area contributed by atoms with E-state index in [2.05, 4.69) is 0 Å². The van der Waals surface area contributed by atoms with Crippen molar-refractivity contribution < 1.29 is 23.8 Å². The Labute approximate surface area is 150 Å². The fourth-order valence-electron chi connectivity index (χ4n) is 5.27. The number of rotatable bonds is 0. The highest BCUT2D eigenvalue weighted by molar-refractivity contribution is 6.13. The van der Waals surface area contributed by atoms with Crippen LogP contribution >= 0.6 is 0 Å². The predicted molar refractivity (Wildman–Crippen MR) is 92.0 cm³/mol. The second-order valence-electron chi connectivity index (χ2n) is 7.69. The molecular formula is C21H18O5. The highest BCUT2D eigenvalue weighted by atomic mass is 16.7. The summed E-state index contributed by atoms with van der Waals surface area (Å²) in [5, 5.41) is 10.8. The van der Waals surface area contributed by atoms with E-state index in [1.165, 1.54) is 0 Å². The summed E-state index contributed by atoms with van der Waals surface area (Å²) in [6.45, 7) is 3.12. The van der Waals surface area contributed by atoms with Gasteiger partial charge >= 0.3 is 0 Å². The zero-order valence-electron chi connectivity index (χ0n) is 14.4. The van der Waals surface area contributed by atoms with Gasteiger partial charge in [-0.05, 0) is 24.5 Å². The monoisotopic (exact) mass is 350 g/mol. The number of fused-ring (bicyclic) bond motifs is 5. The molecule has 2 heterocycles. The second-order valence-corrected chi connectivity index (χ2v) is 7.69. The number of ketones is 1. The maximum atomic E-state index is 13.3. The lowest BCUT2D eigenvalue weighted by Crippen LogP contribution is -2.43. The molecule has 1 N–H and O–H groups in total. The second kappa shape index (κ2) is 4.55. The van der Waals surface area contributed by atoms with Crippen molar-refractivity contribution in [1.82, 2.24) is 0 Å². The highest BCUT2D eigenvalue weighted by Crippen LogP contribution is 2.53. The number of carbonyl (C=O) groups is 1. The van der Waals surface area contributed by atoms with Gasteiger partial charge < -0.3 is 19.0 Å². The molecule has 6 rings (SSSR count). The van der Waals surface area contributed by atoms with Crippen LogP contribution < -0.4 is 0 Å². The van der Waals surface area contributed by atoms with Gasteiger partial charge in [-0.25, -0.2) is 0 Å². The van der Waals surface area contributed by atoms with Crippen LogP contribution in [-0.2, 0) is 27.1 Å². The summed E-state index contributed by atoms with van der Waals surface area (Å²) >= 11 is 0. The molecule has 1 aliphatic heterocycles. The third kappa shape index (κ3) is 1.48. The van der Waals surface area contributed by atoms with E-state index in [0.29, 0.717) is 31.0 Å². The number of aliphatic hydroxyl groups excluding tert-OH is 1.